The summed E-state index contributed by atoms with van der Waals surface area (Å²) in [6.07, 6.45) is 0.652. The maximum Gasteiger partial charge on any atom is 0.322 e. The van der Waals surface area contributed by atoms with Gasteiger partial charge in [0.2, 0.25) is 0 Å². The van der Waals surface area contributed by atoms with Crippen molar-refractivity contribution in [1.82, 2.24) is 5.32 Å². The average molecular weight is 292 g/mol. The molecule has 0 spiro atoms. The van der Waals surface area contributed by atoms with E-state index < -0.39 is 5.97 Å². The van der Waals surface area contributed by atoms with Crippen LogP contribution in [0.5, 0.6) is 0 Å². The average Bonchev–Trinajstić information content (AvgIpc) is 2.85. The number of amides is 2. The van der Waals surface area contributed by atoms with Crippen molar-refractivity contribution in [2.45, 2.75) is 31.9 Å². The Morgan fingerprint density at radius 1 is 1.38 bits per heavy atom. The number of benzene rings is 1. The lowest BCUT2D eigenvalue weighted by molar-refractivity contribution is -0.136. The molecule has 0 bridgehead atoms. The van der Waals surface area contributed by atoms with Gasteiger partial charge in [-0.15, -0.1) is 0 Å². The van der Waals surface area contributed by atoms with Crippen molar-refractivity contribution < 1.29 is 19.4 Å². The molecule has 2 unspecified atom stereocenters. The van der Waals surface area contributed by atoms with E-state index in [1.807, 2.05) is 25.1 Å². The van der Waals surface area contributed by atoms with Gasteiger partial charge in [-0.3, -0.25) is 9.69 Å². The van der Waals surface area contributed by atoms with Crippen LogP contribution in [0.2, 0.25) is 0 Å². The van der Waals surface area contributed by atoms with Crippen LogP contribution in [0, 0.1) is 0 Å². The van der Waals surface area contributed by atoms with Crippen LogP contribution < -0.4 is 10.2 Å². The van der Waals surface area contributed by atoms with Crippen LogP contribution in [0.15, 0.2) is 30.3 Å². The third-order valence-corrected chi connectivity index (χ3v) is 3.55. The quantitative estimate of drug-likeness (QED) is 0.868. The summed E-state index contributed by atoms with van der Waals surface area (Å²) < 4.78 is 5.42. The van der Waals surface area contributed by atoms with Gasteiger partial charge in [-0.1, -0.05) is 18.2 Å². The Hall–Kier alpha value is -2.08. The molecule has 1 aromatic carbocycles. The molecule has 6 heteroatoms. The molecule has 0 radical (unpaired) electrons. The first kappa shape index (κ1) is 15.3. The lowest BCUT2D eigenvalue weighted by Gasteiger charge is -2.25. The zero-order valence-corrected chi connectivity index (χ0v) is 12.0. The largest absolute Gasteiger partial charge is 0.481 e. The summed E-state index contributed by atoms with van der Waals surface area (Å²) in [5.41, 5.74) is 0.683. The zero-order chi connectivity index (χ0) is 15.2. The maximum absolute atomic E-state index is 12.4. The first-order valence-electron chi connectivity index (χ1n) is 7.04. The molecule has 1 saturated heterocycles. The second-order valence-electron chi connectivity index (χ2n) is 5.05. The zero-order valence-electron chi connectivity index (χ0n) is 12.0. The van der Waals surface area contributed by atoms with Gasteiger partial charge < -0.3 is 15.2 Å². The van der Waals surface area contributed by atoms with E-state index in [1.54, 1.807) is 12.1 Å². The molecular weight excluding hydrogens is 272 g/mol. The molecule has 0 aromatic heterocycles. The van der Waals surface area contributed by atoms with Crippen LogP contribution in [0.1, 0.15) is 19.8 Å². The summed E-state index contributed by atoms with van der Waals surface area (Å²) in [7, 11) is 0. The summed E-state index contributed by atoms with van der Waals surface area (Å²) in [6.45, 7) is 2.68. The van der Waals surface area contributed by atoms with Gasteiger partial charge >= 0.3 is 12.0 Å². The van der Waals surface area contributed by atoms with E-state index in [0.717, 1.165) is 6.42 Å². The normalized spacial score (nSPS) is 21.0. The van der Waals surface area contributed by atoms with Crippen molar-refractivity contribution in [3.63, 3.8) is 0 Å². The number of hydrogen-bond acceptors (Lipinski definition) is 3. The molecule has 2 rings (SSSR count). The third kappa shape index (κ3) is 4.19. The number of urea groups is 1. The van der Waals surface area contributed by atoms with E-state index in [1.165, 1.54) is 4.90 Å². The summed E-state index contributed by atoms with van der Waals surface area (Å²) in [5, 5.41) is 11.8. The molecule has 2 N–H and O–H groups in total. The summed E-state index contributed by atoms with van der Waals surface area (Å²) in [5.74, 6) is -0.929. The van der Waals surface area contributed by atoms with Gasteiger partial charge in [-0.2, -0.15) is 0 Å². The van der Waals surface area contributed by atoms with Gasteiger partial charge in [-0.25, -0.2) is 4.79 Å². The van der Waals surface area contributed by atoms with Gasteiger partial charge in [0, 0.05) is 18.8 Å². The van der Waals surface area contributed by atoms with E-state index in [0.29, 0.717) is 12.3 Å². The van der Waals surface area contributed by atoms with Gasteiger partial charge in [0.1, 0.15) is 0 Å². The highest BCUT2D eigenvalue weighted by atomic mass is 16.5. The van der Waals surface area contributed by atoms with E-state index >= 15 is 0 Å². The Balaban J connectivity index is 2.06. The molecule has 1 aliphatic rings. The number of nitrogens with zero attached hydrogens (tertiary/aromatic N) is 1. The highest BCUT2D eigenvalue weighted by molar-refractivity contribution is 5.92. The number of carboxylic acid groups (broad SMARTS) is 1. The Morgan fingerprint density at radius 3 is 2.67 bits per heavy atom. The number of anilines is 1. The van der Waals surface area contributed by atoms with E-state index in [2.05, 4.69) is 5.32 Å². The second-order valence-corrected chi connectivity index (χ2v) is 5.05. The van der Waals surface area contributed by atoms with Crippen molar-refractivity contribution in [3.05, 3.63) is 30.3 Å². The number of aliphatic carboxylic acids is 1. The van der Waals surface area contributed by atoms with Crippen molar-refractivity contribution in [1.29, 1.82) is 0 Å². The molecule has 2 amide bonds. The number of carbonyl (C=O) groups excluding carboxylic acids is 1. The number of rotatable bonds is 5. The lowest BCUT2D eigenvalue weighted by atomic mass is 10.1. The van der Waals surface area contributed by atoms with Gasteiger partial charge in [0.15, 0.2) is 0 Å². The van der Waals surface area contributed by atoms with Crippen molar-refractivity contribution >= 4 is 17.7 Å². The third-order valence-electron chi connectivity index (χ3n) is 3.55. The van der Waals surface area contributed by atoms with Gasteiger partial charge in [0.25, 0.3) is 0 Å². The Kier molecular flexibility index (Phi) is 5.16. The number of ether oxygens (including phenoxy) is 1. The number of hydrogen-bond donors (Lipinski definition) is 2. The molecule has 1 aromatic rings. The van der Waals surface area contributed by atoms with Crippen LogP contribution in [0.25, 0.3) is 0 Å². The van der Waals surface area contributed by atoms with Gasteiger partial charge in [0.05, 0.1) is 18.6 Å². The van der Waals surface area contributed by atoms with Crippen LogP contribution in [0.3, 0.4) is 0 Å². The predicted molar refractivity (Wildman–Crippen MR) is 78.4 cm³/mol. The first-order chi connectivity index (χ1) is 10.1. The fraction of sp³-hybridized carbons (Fsp3) is 0.467. The molecule has 21 heavy (non-hydrogen) atoms. The van der Waals surface area contributed by atoms with Crippen molar-refractivity contribution in [2.24, 2.45) is 0 Å². The minimum absolute atomic E-state index is 0.0222. The summed E-state index contributed by atoms with van der Waals surface area (Å²) >= 11 is 0. The first-order valence-corrected chi connectivity index (χ1v) is 7.04. The Bertz CT molecular complexity index is 492. The fourth-order valence-corrected chi connectivity index (χ4v) is 2.32. The molecule has 1 fully saturated rings. The number of carboxylic acids is 1. The highest BCUT2D eigenvalue weighted by Crippen LogP contribution is 2.17. The van der Waals surface area contributed by atoms with Gasteiger partial charge in [-0.05, 0) is 25.5 Å². The fourth-order valence-electron chi connectivity index (χ4n) is 2.32. The molecular formula is C15H20N2O4. The SMILES string of the molecule is CC1OCCC1NC(=O)N(CCC(=O)O)c1ccccc1. The van der Waals surface area contributed by atoms with Crippen LogP contribution in [-0.2, 0) is 9.53 Å². The van der Waals surface area contributed by atoms with E-state index in [-0.39, 0.29) is 31.1 Å². The molecule has 1 heterocycles. The molecule has 2 atom stereocenters. The van der Waals surface area contributed by atoms with Crippen LogP contribution >= 0.6 is 0 Å². The smallest absolute Gasteiger partial charge is 0.322 e. The monoisotopic (exact) mass is 292 g/mol. The minimum Gasteiger partial charge on any atom is -0.481 e. The van der Waals surface area contributed by atoms with E-state index in [4.69, 9.17) is 9.84 Å². The number of para-hydroxylation sites is 1. The standard InChI is InChI=1S/C15H20N2O4/c1-11-13(8-10-21-11)16-15(20)17(9-7-14(18)19)12-5-3-2-4-6-12/h2-6,11,13H,7-10H2,1H3,(H,16,20)(H,18,19). The Morgan fingerprint density at radius 2 is 2.10 bits per heavy atom. The molecule has 6 nitrogen and oxygen atoms in total. The minimum atomic E-state index is -0.929. The highest BCUT2D eigenvalue weighted by Gasteiger charge is 2.28. The van der Waals surface area contributed by atoms with Crippen molar-refractivity contribution in [2.75, 3.05) is 18.1 Å². The Labute approximate surface area is 123 Å². The maximum atomic E-state index is 12.4. The molecule has 0 saturated carbocycles. The van der Waals surface area contributed by atoms with Crippen LogP contribution in [-0.4, -0.2) is 42.4 Å². The van der Waals surface area contributed by atoms with Crippen molar-refractivity contribution in [3.8, 4) is 0 Å². The van der Waals surface area contributed by atoms with Crippen LogP contribution in [0.4, 0.5) is 10.5 Å². The second kappa shape index (κ2) is 7.08. The molecule has 114 valence electrons. The van der Waals surface area contributed by atoms with E-state index in [9.17, 15) is 9.59 Å². The lowest BCUT2D eigenvalue weighted by Crippen LogP contribution is -2.48. The number of carbonyl (C=O) groups is 2. The molecule has 0 aliphatic carbocycles. The summed E-state index contributed by atoms with van der Waals surface area (Å²) in [6, 6.07) is 8.74. The predicted octanol–water partition coefficient (Wildman–Crippen LogP) is 1.85. The summed E-state index contributed by atoms with van der Waals surface area (Å²) in [4.78, 5) is 24.7. The number of nitrogens with one attached hydrogen (secondary N) is 1. The topological polar surface area (TPSA) is 78.9 Å². The molecule has 1 aliphatic heterocycles.